The number of fused-ring (bicyclic) bond motifs is 3. The smallest absolute Gasteiger partial charge is 0.242 e. The van der Waals surface area contributed by atoms with Crippen molar-refractivity contribution in [3.05, 3.63) is 35.9 Å². The molecule has 0 radical (unpaired) electrons. The lowest BCUT2D eigenvalue weighted by atomic mass is 9.81. The number of nitrogens with zero attached hydrogens (tertiary/aromatic N) is 3. The Balaban J connectivity index is 1.48. The maximum Gasteiger partial charge on any atom is 0.242 e. The van der Waals surface area contributed by atoms with Crippen LogP contribution in [0.5, 0.6) is 0 Å². The number of rotatable bonds is 5. The summed E-state index contributed by atoms with van der Waals surface area (Å²) in [6.07, 6.45) is 2.25. The van der Waals surface area contributed by atoms with Crippen LogP contribution in [-0.2, 0) is 16.1 Å². The molecular weight excluding hydrogens is 378 g/mol. The molecule has 152 valence electrons. The Bertz CT molecular complexity index is 718. The van der Waals surface area contributed by atoms with Gasteiger partial charge in [0.2, 0.25) is 11.8 Å². The Morgan fingerprint density at radius 2 is 2.07 bits per heavy atom. The summed E-state index contributed by atoms with van der Waals surface area (Å²) in [6.45, 7) is 3.85. The van der Waals surface area contributed by atoms with Gasteiger partial charge in [0.25, 0.3) is 0 Å². The molecule has 0 bridgehead atoms. The minimum atomic E-state index is -0.157. The molecule has 2 amide bonds. The third-order valence-corrected chi connectivity index (χ3v) is 6.54. The van der Waals surface area contributed by atoms with Crippen LogP contribution >= 0.6 is 11.6 Å². The van der Waals surface area contributed by atoms with E-state index in [0.29, 0.717) is 19.6 Å². The molecule has 1 aliphatic carbocycles. The number of carbonyl (C=O) groups is 2. The Morgan fingerprint density at radius 3 is 2.82 bits per heavy atom. The average molecular weight is 406 g/mol. The van der Waals surface area contributed by atoms with Gasteiger partial charge in [0.1, 0.15) is 12.7 Å². The zero-order chi connectivity index (χ0) is 19.7. The minimum Gasteiger partial charge on any atom is -0.337 e. The Kier molecular flexibility index (Phi) is 5.87. The third-order valence-electron chi connectivity index (χ3n) is 6.14. The lowest BCUT2D eigenvalue weighted by Gasteiger charge is -2.49. The predicted octanol–water partition coefficient (Wildman–Crippen LogP) is 1.30. The average Bonchev–Trinajstić information content (AvgIpc) is 3.19. The van der Waals surface area contributed by atoms with Crippen LogP contribution in [0.4, 0.5) is 0 Å². The lowest BCUT2D eigenvalue weighted by Crippen LogP contribution is -2.67. The monoisotopic (exact) mass is 405 g/mol. The quantitative estimate of drug-likeness (QED) is 0.723. The SMILES string of the molecule is CCN(Cc1ccccc1)C(=O)CN1C(=O)C2CCC(Cl)CC2N2NNCC12. The zero-order valence-electron chi connectivity index (χ0n) is 16.2. The molecule has 4 unspecified atom stereocenters. The van der Waals surface area contributed by atoms with Crippen LogP contribution in [0.25, 0.3) is 0 Å². The van der Waals surface area contributed by atoms with E-state index in [1.165, 1.54) is 0 Å². The number of alkyl halides is 1. The molecule has 28 heavy (non-hydrogen) atoms. The van der Waals surface area contributed by atoms with E-state index in [1.54, 1.807) is 4.90 Å². The first kappa shape index (κ1) is 19.6. The van der Waals surface area contributed by atoms with Gasteiger partial charge in [-0.25, -0.2) is 10.4 Å². The molecule has 4 atom stereocenters. The van der Waals surface area contributed by atoms with Crippen LogP contribution in [0.15, 0.2) is 30.3 Å². The molecule has 8 heteroatoms. The summed E-state index contributed by atoms with van der Waals surface area (Å²) in [4.78, 5) is 29.8. The Labute approximate surface area is 170 Å². The maximum atomic E-state index is 13.2. The van der Waals surface area contributed by atoms with E-state index in [4.69, 9.17) is 11.6 Å². The van der Waals surface area contributed by atoms with E-state index in [0.717, 1.165) is 24.8 Å². The number of hydrazine groups is 2. The van der Waals surface area contributed by atoms with Gasteiger partial charge in [-0.2, -0.15) is 5.53 Å². The largest absolute Gasteiger partial charge is 0.337 e. The Morgan fingerprint density at radius 1 is 1.29 bits per heavy atom. The first-order valence-corrected chi connectivity index (χ1v) is 10.5. The summed E-state index contributed by atoms with van der Waals surface area (Å²) in [5.41, 5.74) is 7.42. The molecule has 2 aliphatic heterocycles. The van der Waals surface area contributed by atoms with Gasteiger partial charge < -0.3 is 9.80 Å². The molecule has 2 saturated heterocycles. The van der Waals surface area contributed by atoms with Crippen LogP contribution < -0.4 is 11.0 Å². The van der Waals surface area contributed by atoms with Crippen molar-refractivity contribution in [1.29, 1.82) is 0 Å². The molecular formula is C20H28ClN5O2. The van der Waals surface area contributed by atoms with E-state index in [2.05, 4.69) is 16.0 Å². The van der Waals surface area contributed by atoms with Crippen LogP contribution in [0.2, 0.25) is 0 Å². The second-order valence-electron chi connectivity index (χ2n) is 7.82. The molecule has 4 rings (SSSR count). The molecule has 3 aliphatic rings. The van der Waals surface area contributed by atoms with E-state index in [-0.39, 0.29) is 41.9 Å². The number of carbonyl (C=O) groups excluding carboxylic acids is 2. The summed E-state index contributed by atoms with van der Waals surface area (Å²) in [5, 5.41) is 2.20. The summed E-state index contributed by atoms with van der Waals surface area (Å²) >= 11 is 6.37. The molecule has 0 aromatic heterocycles. The molecule has 2 heterocycles. The number of hydrogen-bond acceptors (Lipinski definition) is 5. The standard InChI is InChI=1S/C20H28ClN5O2/c1-2-24(12-14-6-4-3-5-7-14)19(27)13-25-18-11-22-23-26(18)17-10-15(21)8-9-16(17)20(25)28/h3-7,15-18,22-23H,2,8-13H2,1H3. The van der Waals surface area contributed by atoms with Crippen molar-refractivity contribution in [1.82, 2.24) is 25.8 Å². The van der Waals surface area contributed by atoms with Crippen molar-refractivity contribution >= 4 is 23.4 Å². The van der Waals surface area contributed by atoms with Gasteiger partial charge in [-0.1, -0.05) is 30.3 Å². The van der Waals surface area contributed by atoms with Crippen LogP contribution in [0.1, 0.15) is 31.7 Å². The molecule has 1 aromatic rings. The van der Waals surface area contributed by atoms with Crippen LogP contribution in [0.3, 0.4) is 0 Å². The van der Waals surface area contributed by atoms with Crippen molar-refractivity contribution in [2.75, 3.05) is 19.6 Å². The van der Waals surface area contributed by atoms with E-state index < -0.39 is 0 Å². The van der Waals surface area contributed by atoms with Gasteiger partial charge in [0.15, 0.2) is 0 Å². The van der Waals surface area contributed by atoms with Gasteiger partial charge in [-0.15, -0.1) is 11.6 Å². The van der Waals surface area contributed by atoms with E-state index in [1.807, 2.05) is 42.2 Å². The van der Waals surface area contributed by atoms with Crippen LogP contribution in [0, 0.1) is 5.92 Å². The number of likely N-dealkylation sites (N-methyl/N-ethyl adjacent to an activating group) is 1. The van der Waals surface area contributed by atoms with Gasteiger partial charge in [0.05, 0.1) is 5.92 Å². The van der Waals surface area contributed by atoms with Gasteiger partial charge in [-0.3, -0.25) is 9.59 Å². The van der Waals surface area contributed by atoms with Gasteiger partial charge >= 0.3 is 0 Å². The fraction of sp³-hybridized carbons (Fsp3) is 0.600. The van der Waals surface area contributed by atoms with Crippen molar-refractivity contribution in [2.45, 2.75) is 50.3 Å². The Hall–Kier alpha value is -1.67. The van der Waals surface area contributed by atoms with Crippen molar-refractivity contribution in [3.63, 3.8) is 0 Å². The van der Waals surface area contributed by atoms with Crippen molar-refractivity contribution in [3.8, 4) is 0 Å². The molecule has 7 nitrogen and oxygen atoms in total. The van der Waals surface area contributed by atoms with E-state index >= 15 is 0 Å². The van der Waals surface area contributed by atoms with Crippen LogP contribution in [-0.4, -0.2) is 63.8 Å². The fourth-order valence-electron chi connectivity index (χ4n) is 4.63. The molecule has 1 aromatic carbocycles. The number of hydrogen-bond donors (Lipinski definition) is 2. The number of nitrogens with one attached hydrogen (secondary N) is 2. The number of benzene rings is 1. The van der Waals surface area contributed by atoms with E-state index in [9.17, 15) is 9.59 Å². The third kappa shape index (κ3) is 3.76. The highest BCUT2D eigenvalue weighted by Crippen LogP contribution is 2.37. The molecule has 3 fully saturated rings. The first-order chi connectivity index (χ1) is 13.6. The highest BCUT2D eigenvalue weighted by molar-refractivity contribution is 6.20. The second-order valence-corrected chi connectivity index (χ2v) is 8.44. The zero-order valence-corrected chi connectivity index (χ0v) is 16.9. The van der Waals surface area contributed by atoms with Crippen molar-refractivity contribution < 1.29 is 9.59 Å². The highest BCUT2D eigenvalue weighted by atomic mass is 35.5. The molecule has 2 N–H and O–H groups in total. The first-order valence-electron chi connectivity index (χ1n) is 10.1. The second kappa shape index (κ2) is 8.37. The summed E-state index contributed by atoms with van der Waals surface area (Å²) in [6, 6.07) is 10.0. The fourth-order valence-corrected chi connectivity index (χ4v) is 4.94. The topological polar surface area (TPSA) is 67.9 Å². The summed E-state index contributed by atoms with van der Waals surface area (Å²) in [7, 11) is 0. The number of amides is 2. The minimum absolute atomic E-state index is 0.0176. The maximum absolute atomic E-state index is 13.2. The van der Waals surface area contributed by atoms with Gasteiger partial charge in [0, 0.05) is 31.1 Å². The summed E-state index contributed by atoms with van der Waals surface area (Å²) in [5.74, 6) is -0.0314. The molecule has 0 spiro atoms. The van der Waals surface area contributed by atoms with Crippen molar-refractivity contribution in [2.24, 2.45) is 5.92 Å². The highest BCUT2D eigenvalue weighted by Gasteiger charge is 2.51. The lowest BCUT2D eigenvalue weighted by molar-refractivity contribution is -0.164. The summed E-state index contributed by atoms with van der Waals surface area (Å²) < 4.78 is 0. The molecule has 1 saturated carbocycles. The number of halogens is 1. The predicted molar refractivity (Wildman–Crippen MR) is 107 cm³/mol. The normalized spacial score (nSPS) is 30.1. The van der Waals surface area contributed by atoms with Gasteiger partial charge in [-0.05, 0) is 31.7 Å².